The summed E-state index contributed by atoms with van der Waals surface area (Å²) in [5, 5.41) is 24.4. The molecule has 0 saturated carbocycles. The Morgan fingerprint density at radius 2 is 2.00 bits per heavy atom. The maximum absolute atomic E-state index is 14.7. The number of fused-ring (bicyclic) bond motifs is 1. The highest BCUT2D eigenvalue weighted by molar-refractivity contribution is 5.81. The second-order valence-electron chi connectivity index (χ2n) is 9.42. The van der Waals surface area contributed by atoms with E-state index in [-0.39, 0.29) is 23.3 Å². The topological polar surface area (TPSA) is 94.3 Å². The average molecular weight is 464 g/mol. The second kappa shape index (κ2) is 9.53. The molecule has 4 rings (SSSR count). The van der Waals surface area contributed by atoms with E-state index in [4.69, 9.17) is 9.72 Å². The summed E-state index contributed by atoms with van der Waals surface area (Å²) in [7, 11) is 2.09. The smallest absolute Gasteiger partial charge is 0.148 e. The number of likely N-dealkylation sites (tertiary alicyclic amines) is 1. The van der Waals surface area contributed by atoms with Crippen molar-refractivity contribution in [2.24, 2.45) is 5.92 Å². The monoisotopic (exact) mass is 463 g/mol. The fraction of sp³-hybridized carbons (Fsp3) is 0.423. The maximum Gasteiger partial charge on any atom is 0.148 e. The van der Waals surface area contributed by atoms with Crippen molar-refractivity contribution in [3.05, 3.63) is 53.6 Å². The molecule has 2 N–H and O–H groups in total. The standard InChI is InChI=1S/C26H30FN5O2/c1-16(2)34-23-12-22(20(27)11-18(23)14-28)31-25-13-21-17(15-29-25)5-6-24(30-21)26(3,33)19-7-9-32(4)10-8-19/h5-6,11-13,15-16,19,33H,7-10H2,1-4H3,(H,29,31)/t26-/m1/s1. The zero-order valence-electron chi connectivity index (χ0n) is 20.0. The normalized spacial score (nSPS) is 16.9. The Bertz CT molecular complexity index is 1230. The van der Waals surface area contributed by atoms with Gasteiger partial charge in [-0.25, -0.2) is 14.4 Å². The van der Waals surface area contributed by atoms with Crippen LogP contribution in [0, 0.1) is 23.1 Å². The van der Waals surface area contributed by atoms with E-state index < -0.39 is 11.4 Å². The number of aromatic nitrogens is 2. The van der Waals surface area contributed by atoms with E-state index in [1.807, 2.05) is 39.0 Å². The van der Waals surface area contributed by atoms with E-state index in [0.717, 1.165) is 37.4 Å². The highest BCUT2D eigenvalue weighted by atomic mass is 19.1. The summed E-state index contributed by atoms with van der Waals surface area (Å²) in [5.74, 6) is 0.244. The van der Waals surface area contributed by atoms with Crippen LogP contribution in [0.1, 0.15) is 44.9 Å². The number of hydrogen-bond acceptors (Lipinski definition) is 7. The minimum absolute atomic E-state index is 0.125. The molecule has 3 aromatic rings. The van der Waals surface area contributed by atoms with E-state index in [9.17, 15) is 14.8 Å². The first-order valence-electron chi connectivity index (χ1n) is 11.5. The van der Waals surface area contributed by atoms with Gasteiger partial charge in [-0.05, 0) is 77.9 Å². The van der Waals surface area contributed by atoms with Gasteiger partial charge in [0, 0.05) is 23.7 Å². The van der Waals surface area contributed by atoms with Gasteiger partial charge in [-0.1, -0.05) is 0 Å². The molecule has 1 aliphatic rings. The predicted octanol–water partition coefficient (Wildman–Crippen LogP) is 4.72. The summed E-state index contributed by atoms with van der Waals surface area (Å²) in [6.07, 6.45) is 3.31. The van der Waals surface area contributed by atoms with Gasteiger partial charge in [-0.2, -0.15) is 5.26 Å². The molecule has 1 aliphatic heterocycles. The molecule has 34 heavy (non-hydrogen) atoms. The SMILES string of the molecule is CC(C)Oc1cc(Nc2cc3nc([C@](C)(O)C4CCN(C)CC4)ccc3cn2)c(F)cc1C#N. The summed E-state index contributed by atoms with van der Waals surface area (Å²) in [6.45, 7) is 7.41. The zero-order chi connectivity index (χ0) is 24.5. The molecule has 1 atom stereocenters. The van der Waals surface area contributed by atoms with Gasteiger partial charge in [0.2, 0.25) is 0 Å². The van der Waals surface area contributed by atoms with Crippen molar-refractivity contribution in [3.63, 3.8) is 0 Å². The molecule has 178 valence electrons. The van der Waals surface area contributed by atoms with Crippen molar-refractivity contribution in [2.45, 2.75) is 45.3 Å². The molecule has 1 aromatic carbocycles. The maximum atomic E-state index is 14.7. The van der Waals surface area contributed by atoms with Gasteiger partial charge >= 0.3 is 0 Å². The quantitative estimate of drug-likeness (QED) is 0.546. The van der Waals surface area contributed by atoms with Gasteiger partial charge in [0.1, 0.15) is 29.1 Å². The number of anilines is 2. The van der Waals surface area contributed by atoms with Gasteiger partial charge in [-0.3, -0.25) is 0 Å². The number of rotatable bonds is 6. The number of nitriles is 1. The number of benzene rings is 1. The number of pyridine rings is 2. The van der Waals surface area contributed by atoms with Gasteiger partial charge in [0.05, 0.1) is 28.6 Å². The number of ether oxygens (including phenoxy) is 1. The molecule has 0 spiro atoms. The lowest BCUT2D eigenvalue weighted by Crippen LogP contribution is -2.41. The summed E-state index contributed by atoms with van der Waals surface area (Å²) in [5.41, 5.74) is 0.496. The van der Waals surface area contributed by atoms with Crippen LogP contribution in [0.2, 0.25) is 0 Å². The summed E-state index contributed by atoms with van der Waals surface area (Å²) >= 11 is 0. The van der Waals surface area contributed by atoms with Crippen LogP contribution in [0.3, 0.4) is 0 Å². The Labute approximate surface area is 199 Å². The lowest BCUT2D eigenvalue weighted by molar-refractivity contribution is -0.0334. The van der Waals surface area contributed by atoms with Crippen LogP contribution >= 0.6 is 0 Å². The molecule has 0 aliphatic carbocycles. The van der Waals surface area contributed by atoms with Gasteiger partial charge in [-0.15, -0.1) is 0 Å². The van der Waals surface area contributed by atoms with E-state index in [1.165, 1.54) is 6.07 Å². The van der Waals surface area contributed by atoms with Crippen LogP contribution in [0.25, 0.3) is 10.9 Å². The predicted molar refractivity (Wildman–Crippen MR) is 129 cm³/mol. The average Bonchev–Trinajstić information content (AvgIpc) is 2.80. The van der Waals surface area contributed by atoms with E-state index >= 15 is 0 Å². The van der Waals surface area contributed by atoms with Crippen LogP contribution in [0.5, 0.6) is 5.75 Å². The van der Waals surface area contributed by atoms with Crippen molar-refractivity contribution in [1.29, 1.82) is 5.26 Å². The lowest BCUT2D eigenvalue weighted by Gasteiger charge is -2.38. The van der Waals surface area contributed by atoms with Crippen LogP contribution < -0.4 is 10.1 Å². The first kappa shape index (κ1) is 23.9. The van der Waals surface area contributed by atoms with Crippen molar-refractivity contribution < 1.29 is 14.2 Å². The Morgan fingerprint density at radius 1 is 1.26 bits per heavy atom. The molecule has 0 unspecified atom stereocenters. The molecule has 1 saturated heterocycles. The summed E-state index contributed by atoms with van der Waals surface area (Å²) in [6, 6.07) is 10.1. The molecule has 0 bridgehead atoms. The number of piperidine rings is 1. The molecule has 0 radical (unpaired) electrons. The van der Waals surface area contributed by atoms with E-state index in [0.29, 0.717) is 22.8 Å². The minimum Gasteiger partial charge on any atom is -0.490 e. The fourth-order valence-electron chi connectivity index (χ4n) is 4.37. The Morgan fingerprint density at radius 3 is 2.68 bits per heavy atom. The summed E-state index contributed by atoms with van der Waals surface area (Å²) < 4.78 is 20.3. The molecular weight excluding hydrogens is 433 g/mol. The van der Waals surface area contributed by atoms with Gasteiger partial charge in [0.25, 0.3) is 0 Å². The minimum atomic E-state index is -1.05. The van der Waals surface area contributed by atoms with E-state index in [2.05, 4.69) is 22.2 Å². The molecule has 2 aromatic heterocycles. The number of aliphatic hydroxyl groups is 1. The molecule has 7 nitrogen and oxygen atoms in total. The van der Waals surface area contributed by atoms with Gasteiger partial charge in [0.15, 0.2) is 0 Å². The van der Waals surface area contributed by atoms with Crippen LogP contribution in [0.4, 0.5) is 15.9 Å². The van der Waals surface area contributed by atoms with Crippen LogP contribution in [-0.2, 0) is 5.60 Å². The third kappa shape index (κ3) is 4.96. The highest BCUT2D eigenvalue weighted by Crippen LogP contribution is 2.36. The highest BCUT2D eigenvalue weighted by Gasteiger charge is 2.36. The Hall–Kier alpha value is -3.28. The number of nitrogens with one attached hydrogen (secondary N) is 1. The Kier molecular flexibility index (Phi) is 6.69. The van der Waals surface area contributed by atoms with Gasteiger partial charge < -0.3 is 20.1 Å². The van der Waals surface area contributed by atoms with Crippen molar-refractivity contribution in [1.82, 2.24) is 14.9 Å². The molecule has 3 heterocycles. The number of halogens is 1. The van der Waals surface area contributed by atoms with Crippen LogP contribution in [-0.4, -0.2) is 46.2 Å². The molecule has 8 heteroatoms. The number of hydrogen-bond donors (Lipinski definition) is 2. The second-order valence-corrected chi connectivity index (χ2v) is 9.42. The molecule has 0 amide bonds. The number of nitrogens with zero attached hydrogens (tertiary/aromatic N) is 4. The molecular formula is C26H30FN5O2. The first-order valence-corrected chi connectivity index (χ1v) is 11.5. The first-order chi connectivity index (χ1) is 16.2. The largest absolute Gasteiger partial charge is 0.490 e. The van der Waals surface area contributed by atoms with Crippen molar-refractivity contribution in [2.75, 3.05) is 25.5 Å². The zero-order valence-corrected chi connectivity index (χ0v) is 20.0. The van der Waals surface area contributed by atoms with Crippen molar-refractivity contribution >= 4 is 22.4 Å². The van der Waals surface area contributed by atoms with E-state index in [1.54, 1.807) is 12.3 Å². The lowest BCUT2D eigenvalue weighted by atomic mass is 9.79. The summed E-state index contributed by atoms with van der Waals surface area (Å²) in [4.78, 5) is 11.4. The molecule has 1 fully saturated rings. The fourth-order valence-corrected chi connectivity index (χ4v) is 4.37. The third-order valence-electron chi connectivity index (χ3n) is 6.42. The van der Waals surface area contributed by atoms with Crippen LogP contribution in [0.15, 0.2) is 36.5 Å². The third-order valence-corrected chi connectivity index (χ3v) is 6.42. The Balaban J connectivity index is 1.63. The van der Waals surface area contributed by atoms with Crippen molar-refractivity contribution in [3.8, 4) is 11.8 Å².